The summed E-state index contributed by atoms with van der Waals surface area (Å²) in [7, 11) is 0. The normalized spacial score (nSPS) is 18.1. The van der Waals surface area contributed by atoms with Gasteiger partial charge in [0.25, 0.3) is 17.3 Å². The number of aromatic hydroxyl groups is 1. The highest BCUT2D eigenvalue weighted by molar-refractivity contribution is 7.97. The molecule has 12 heteroatoms. The summed E-state index contributed by atoms with van der Waals surface area (Å²) < 4.78 is 28.3. The van der Waals surface area contributed by atoms with Gasteiger partial charge in [0.05, 0.1) is 29.8 Å². The van der Waals surface area contributed by atoms with Crippen molar-refractivity contribution >= 4 is 27.3 Å². The number of piperidine rings is 1. The lowest BCUT2D eigenvalue weighted by Gasteiger charge is -2.39. The number of nitrogens with zero attached hydrogens (tertiary/aromatic N) is 3. The zero-order chi connectivity index (χ0) is 30.8. The molecule has 10 nitrogen and oxygen atoms in total. The van der Waals surface area contributed by atoms with E-state index in [0.29, 0.717) is 23.3 Å². The van der Waals surface area contributed by atoms with Gasteiger partial charge in [-0.15, -0.1) is 4.99 Å². The van der Waals surface area contributed by atoms with Crippen LogP contribution >= 0.6 is 0 Å². The number of carbonyl (C=O) groups excluding carboxylic acids is 1. The van der Waals surface area contributed by atoms with E-state index in [9.17, 15) is 14.7 Å². The van der Waals surface area contributed by atoms with Crippen LogP contribution in [0, 0.1) is 11.7 Å². The second kappa shape index (κ2) is 13.0. The summed E-state index contributed by atoms with van der Waals surface area (Å²) in [6.07, 6.45) is 4.86. The lowest BCUT2D eigenvalue weighted by molar-refractivity contribution is 0.0238. The first-order valence-corrected chi connectivity index (χ1v) is 15.9. The first kappa shape index (κ1) is 30.2. The van der Waals surface area contributed by atoms with Crippen LogP contribution in [0.1, 0.15) is 61.0 Å². The number of likely N-dealkylation sites (tertiary alicyclic amines) is 1. The maximum Gasteiger partial charge on any atom is 0.337 e. The van der Waals surface area contributed by atoms with E-state index in [1.165, 1.54) is 22.9 Å². The number of H-pyrrole nitrogens is 1. The number of aliphatic imine (C=N–C) groups is 1. The fraction of sp³-hybridized carbons (Fsp3) is 0.438. The van der Waals surface area contributed by atoms with E-state index in [-0.39, 0.29) is 29.8 Å². The van der Waals surface area contributed by atoms with Crippen molar-refractivity contribution < 1.29 is 23.8 Å². The van der Waals surface area contributed by atoms with Gasteiger partial charge in [0.1, 0.15) is 17.3 Å². The number of rotatable bonds is 9. The van der Waals surface area contributed by atoms with Crippen molar-refractivity contribution in [2.75, 3.05) is 26.3 Å². The molecule has 1 aromatic heterocycles. The van der Waals surface area contributed by atoms with E-state index in [1.54, 1.807) is 23.5 Å². The van der Waals surface area contributed by atoms with Gasteiger partial charge in [-0.25, -0.2) is 9.18 Å². The fourth-order valence-corrected chi connectivity index (χ4v) is 6.64. The molecule has 6 rings (SSSR count). The van der Waals surface area contributed by atoms with Crippen LogP contribution in [0.2, 0.25) is 0 Å². The molecule has 44 heavy (non-hydrogen) atoms. The highest BCUT2D eigenvalue weighted by Gasteiger charge is 2.32. The van der Waals surface area contributed by atoms with E-state index in [2.05, 4.69) is 34.0 Å². The zero-order valence-electron chi connectivity index (χ0n) is 24.8. The van der Waals surface area contributed by atoms with Gasteiger partial charge in [0.2, 0.25) is 5.88 Å². The van der Waals surface area contributed by atoms with Crippen LogP contribution in [0.4, 0.5) is 4.39 Å². The van der Waals surface area contributed by atoms with Gasteiger partial charge >= 0.3 is 15.7 Å². The first-order chi connectivity index (χ1) is 21.2. The molecule has 0 unspecified atom stereocenters. The smallest absolute Gasteiger partial charge is 0.337 e. The Kier molecular flexibility index (Phi) is 8.92. The maximum atomic E-state index is 15.5. The Balaban J connectivity index is 1.19. The molecule has 1 amide bonds. The maximum absolute atomic E-state index is 15.5. The predicted octanol–water partition coefficient (Wildman–Crippen LogP) is 3.86. The van der Waals surface area contributed by atoms with E-state index >= 15 is 4.39 Å². The Labute approximate surface area is 258 Å². The molecule has 0 radical (unpaired) electrons. The lowest BCUT2D eigenvalue weighted by Crippen LogP contribution is -2.49. The minimum Gasteiger partial charge on any atom is -0.493 e. The van der Waals surface area contributed by atoms with E-state index in [4.69, 9.17) is 9.47 Å². The molecule has 3 aliphatic rings. The number of carbonyl (C=O) groups is 1. The number of hydrogen-bond acceptors (Lipinski definition) is 7. The highest BCUT2D eigenvalue weighted by Crippen LogP contribution is 2.30. The van der Waals surface area contributed by atoms with Gasteiger partial charge in [-0.2, -0.15) is 0 Å². The summed E-state index contributed by atoms with van der Waals surface area (Å²) in [5.41, 5.74) is 0.615. The lowest BCUT2D eigenvalue weighted by atomic mass is 9.99. The molecule has 0 saturated carbocycles. The molecule has 0 bridgehead atoms. The summed E-state index contributed by atoms with van der Waals surface area (Å²) in [5.74, 6) is -0.430. The van der Waals surface area contributed by atoms with Crippen molar-refractivity contribution in [1.82, 2.24) is 19.8 Å². The van der Waals surface area contributed by atoms with Gasteiger partial charge in [0, 0.05) is 44.0 Å². The summed E-state index contributed by atoms with van der Waals surface area (Å²) in [6, 6.07) is 10.4. The number of aromatic nitrogens is 2. The van der Waals surface area contributed by atoms with E-state index in [0.717, 1.165) is 67.6 Å². The molecule has 2 saturated heterocycles. The van der Waals surface area contributed by atoms with Gasteiger partial charge in [-0.3, -0.25) is 14.3 Å². The third-order valence-electron chi connectivity index (χ3n) is 8.32. The molecule has 0 atom stereocenters. The number of benzene rings is 2. The van der Waals surface area contributed by atoms with Crippen LogP contribution in [0.25, 0.3) is 0 Å². The number of amides is 1. The monoisotopic (exact) mass is 622 g/mol. The van der Waals surface area contributed by atoms with Crippen LogP contribution in [-0.4, -0.2) is 73.9 Å². The van der Waals surface area contributed by atoms with Crippen molar-refractivity contribution in [2.24, 2.45) is 10.9 Å². The van der Waals surface area contributed by atoms with E-state index in [1.807, 2.05) is 12.1 Å². The molecular formula is C32H37FN5O5S+. The fourth-order valence-electron chi connectivity index (χ4n) is 5.80. The van der Waals surface area contributed by atoms with Crippen LogP contribution in [0.15, 0.2) is 52.4 Å². The zero-order valence-corrected chi connectivity index (χ0v) is 25.7. The molecule has 3 N–H and O–H groups in total. The van der Waals surface area contributed by atoms with Crippen LogP contribution in [0.5, 0.6) is 17.4 Å². The molecular weight excluding hydrogens is 585 g/mol. The number of aromatic amines is 1. The van der Waals surface area contributed by atoms with Gasteiger partial charge < -0.3 is 24.8 Å². The summed E-state index contributed by atoms with van der Waals surface area (Å²) >= 11 is 1.66. The van der Waals surface area contributed by atoms with Crippen molar-refractivity contribution in [2.45, 2.75) is 58.2 Å². The molecule has 2 fully saturated rings. The molecule has 0 aliphatic carbocycles. The number of imidazole rings is 1. The molecule has 2 aromatic carbocycles. The average Bonchev–Trinajstić information content (AvgIpc) is 3.30. The van der Waals surface area contributed by atoms with Crippen LogP contribution in [0.3, 0.4) is 0 Å². The molecule has 4 heterocycles. The average molecular weight is 623 g/mol. The van der Waals surface area contributed by atoms with Crippen molar-refractivity contribution in [1.29, 1.82) is 0 Å². The number of hydrogen-bond donors (Lipinski definition) is 3. The summed E-state index contributed by atoms with van der Waals surface area (Å²) in [5, 5.41) is 13.8. The molecule has 3 aromatic rings. The van der Waals surface area contributed by atoms with E-state index < -0.39 is 17.4 Å². The number of halogens is 1. The summed E-state index contributed by atoms with van der Waals surface area (Å²) in [6.45, 7) is 7.47. The second-order valence-corrected chi connectivity index (χ2v) is 12.8. The van der Waals surface area contributed by atoms with Gasteiger partial charge in [-0.1, -0.05) is 13.8 Å². The largest absolute Gasteiger partial charge is 0.493 e. The van der Waals surface area contributed by atoms with Gasteiger partial charge in [-0.05, 0) is 62.1 Å². The SMILES string of the molecule is CC(C)C1=NC(c2ccc(Oc3cc(C(=O)NC4CCN(C5CCOCC5)CC4)c(F)cc3Cn3cc(O)[nH]c3=O)cc2)=[S+]1. The van der Waals surface area contributed by atoms with Crippen LogP contribution < -0.4 is 15.7 Å². The topological polar surface area (TPSA) is 121 Å². The molecule has 232 valence electrons. The van der Waals surface area contributed by atoms with Gasteiger partial charge in [0.15, 0.2) is 0 Å². The summed E-state index contributed by atoms with van der Waals surface area (Å²) in [4.78, 5) is 35.9. The van der Waals surface area contributed by atoms with Crippen molar-refractivity contribution in [3.8, 4) is 17.4 Å². The van der Waals surface area contributed by atoms with Crippen molar-refractivity contribution in [3.05, 3.63) is 75.6 Å². The minimum absolute atomic E-state index is 0.0586. The standard InChI is InChI=1S/C32H36FN5O5S/c1-19(2)30-36-31(44-30)20-3-5-24(6-4-20)43-27-16-25(26(33)15-21(27)17-38-18-28(39)35-32(38)41)29(40)34-22-7-11-37(12-8-22)23-9-13-42-14-10-23/h3-6,15-16,18-19,22-23H,7-14,17H2,1-2H3,(H2-,34,35,39,40,41)/p+1. The molecule has 0 spiro atoms. The minimum atomic E-state index is -0.718. The van der Waals surface area contributed by atoms with Crippen LogP contribution in [-0.2, 0) is 22.6 Å². The Bertz CT molecular complexity index is 1630. The first-order valence-electron chi connectivity index (χ1n) is 15.1. The quantitative estimate of drug-likeness (QED) is 0.246. The third kappa shape index (κ3) is 6.77. The Morgan fingerprint density at radius 3 is 2.52 bits per heavy atom. The predicted molar refractivity (Wildman–Crippen MR) is 168 cm³/mol. The Morgan fingerprint density at radius 1 is 1.18 bits per heavy atom. The Morgan fingerprint density at radius 2 is 1.89 bits per heavy atom. The Hall–Kier alpha value is -3.87. The highest BCUT2D eigenvalue weighted by atomic mass is 32.1. The third-order valence-corrected chi connectivity index (χ3v) is 9.61. The number of ether oxygens (including phenoxy) is 2. The number of nitrogens with one attached hydrogen (secondary N) is 2. The molecule has 3 aliphatic heterocycles. The second-order valence-electron chi connectivity index (χ2n) is 11.8. The van der Waals surface area contributed by atoms with Crippen molar-refractivity contribution in [3.63, 3.8) is 0 Å².